The van der Waals surface area contributed by atoms with E-state index in [0.717, 1.165) is 11.1 Å². The first-order valence-electron chi connectivity index (χ1n) is 6.43. The zero-order chi connectivity index (χ0) is 14.4. The lowest BCUT2D eigenvalue weighted by Gasteiger charge is -2.25. The Balaban J connectivity index is 2.22. The molecule has 2 rings (SSSR count). The van der Waals surface area contributed by atoms with Gasteiger partial charge in [-0.05, 0) is 11.1 Å². The molecular formula is C16H17F2NO. The fraction of sp³-hybridized carbons (Fsp3) is 0.250. The van der Waals surface area contributed by atoms with Gasteiger partial charge in [0.25, 0.3) is 6.43 Å². The first-order chi connectivity index (χ1) is 9.68. The van der Waals surface area contributed by atoms with E-state index in [9.17, 15) is 8.78 Å². The molecule has 20 heavy (non-hydrogen) atoms. The normalized spacial score (nSPS) is 14.2. The van der Waals surface area contributed by atoms with E-state index in [1.807, 2.05) is 60.7 Å². The molecule has 2 atom stereocenters. The van der Waals surface area contributed by atoms with Crippen molar-refractivity contribution in [3.63, 3.8) is 0 Å². The van der Waals surface area contributed by atoms with Gasteiger partial charge in [-0.15, -0.1) is 0 Å². The summed E-state index contributed by atoms with van der Waals surface area (Å²) in [6, 6.07) is 18.1. The molecule has 2 aromatic carbocycles. The molecule has 0 fully saturated rings. The third-order valence-corrected chi connectivity index (χ3v) is 3.04. The molecule has 0 bridgehead atoms. The molecule has 106 valence electrons. The van der Waals surface area contributed by atoms with Crippen LogP contribution in [-0.2, 0) is 4.74 Å². The highest BCUT2D eigenvalue weighted by molar-refractivity contribution is 5.26. The van der Waals surface area contributed by atoms with Crippen molar-refractivity contribution in [3.05, 3.63) is 71.8 Å². The average molecular weight is 277 g/mol. The molecule has 2 unspecified atom stereocenters. The number of hydrogen-bond acceptors (Lipinski definition) is 2. The van der Waals surface area contributed by atoms with Crippen LogP contribution in [0.5, 0.6) is 0 Å². The molecular weight excluding hydrogens is 260 g/mol. The number of benzene rings is 2. The first kappa shape index (κ1) is 14.6. The van der Waals surface area contributed by atoms with E-state index in [1.165, 1.54) is 0 Å². The number of ether oxygens (including phenoxy) is 1. The number of alkyl halides is 2. The Labute approximate surface area is 117 Å². The van der Waals surface area contributed by atoms with Crippen LogP contribution in [0.1, 0.15) is 23.3 Å². The summed E-state index contributed by atoms with van der Waals surface area (Å²) in [6.07, 6.45) is -3.10. The van der Waals surface area contributed by atoms with Crippen molar-refractivity contribution in [1.82, 2.24) is 0 Å². The third kappa shape index (κ3) is 3.85. The summed E-state index contributed by atoms with van der Waals surface area (Å²) in [7, 11) is 0. The van der Waals surface area contributed by atoms with Gasteiger partial charge in [-0.25, -0.2) is 8.78 Å². The van der Waals surface area contributed by atoms with Gasteiger partial charge in [-0.3, -0.25) is 0 Å². The molecule has 0 aromatic heterocycles. The third-order valence-electron chi connectivity index (χ3n) is 3.04. The fourth-order valence-corrected chi connectivity index (χ4v) is 2.08. The van der Waals surface area contributed by atoms with Crippen molar-refractivity contribution in [2.24, 2.45) is 5.73 Å². The number of rotatable bonds is 6. The Kier molecular flexibility index (Phi) is 5.21. The lowest BCUT2D eigenvalue weighted by Crippen LogP contribution is -2.24. The Morgan fingerprint density at radius 2 is 1.35 bits per heavy atom. The van der Waals surface area contributed by atoms with Gasteiger partial charge in [-0.2, -0.15) is 0 Å². The van der Waals surface area contributed by atoms with Crippen LogP contribution in [0, 0.1) is 0 Å². The summed E-state index contributed by atoms with van der Waals surface area (Å²) in [5.74, 6) is 0. The van der Waals surface area contributed by atoms with Crippen molar-refractivity contribution >= 4 is 0 Å². The Bertz CT molecular complexity index is 504. The number of halogens is 2. The lowest BCUT2D eigenvalue weighted by atomic mass is 9.96. The maximum absolute atomic E-state index is 12.4. The topological polar surface area (TPSA) is 35.2 Å². The summed E-state index contributed by atoms with van der Waals surface area (Å²) in [5, 5.41) is 0. The van der Waals surface area contributed by atoms with Gasteiger partial charge in [-0.1, -0.05) is 60.7 Å². The molecule has 0 aliphatic carbocycles. The monoisotopic (exact) mass is 277 g/mol. The summed E-state index contributed by atoms with van der Waals surface area (Å²) >= 11 is 0. The van der Waals surface area contributed by atoms with E-state index in [2.05, 4.69) is 0 Å². The fourth-order valence-electron chi connectivity index (χ4n) is 2.08. The smallest absolute Gasteiger partial charge is 0.261 e. The highest BCUT2D eigenvalue weighted by Crippen LogP contribution is 2.30. The Hall–Kier alpha value is -1.78. The van der Waals surface area contributed by atoms with Crippen LogP contribution in [0.2, 0.25) is 0 Å². The highest BCUT2D eigenvalue weighted by Gasteiger charge is 2.23. The second-order valence-corrected chi connectivity index (χ2v) is 4.49. The van der Waals surface area contributed by atoms with Gasteiger partial charge in [0, 0.05) is 0 Å². The van der Waals surface area contributed by atoms with Gasteiger partial charge in [0.1, 0.15) is 12.7 Å². The molecule has 2 aromatic rings. The van der Waals surface area contributed by atoms with Crippen LogP contribution in [0.3, 0.4) is 0 Å². The molecule has 2 nitrogen and oxygen atoms in total. The largest absolute Gasteiger partial charge is 0.366 e. The van der Waals surface area contributed by atoms with Gasteiger partial charge in [0.05, 0.1) is 6.04 Å². The van der Waals surface area contributed by atoms with Crippen LogP contribution in [-0.4, -0.2) is 13.0 Å². The van der Waals surface area contributed by atoms with Gasteiger partial charge < -0.3 is 10.5 Å². The second kappa shape index (κ2) is 7.12. The molecule has 4 heteroatoms. The summed E-state index contributed by atoms with van der Waals surface area (Å²) < 4.78 is 30.2. The highest BCUT2D eigenvalue weighted by atomic mass is 19.3. The standard InChI is InChI=1S/C16H17F2NO/c17-14(18)11-20-16(13-9-5-2-6-10-13)15(19)12-7-3-1-4-8-12/h1-10,14-16H,11,19H2. The van der Waals surface area contributed by atoms with E-state index < -0.39 is 25.2 Å². The quantitative estimate of drug-likeness (QED) is 0.873. The predicted molar refractivity (Wildman–Crippen MR) is 74.5 cm³/mol. The van der Waals surface area contributed by atoms with Crippen LogP contribution < -0.4 is 5.73 Å². The molecule has 0 aliphatic heterocycles. The Morgan fingerprint density at radius 3 is 1.85 bits per heavy atom. The SMILES string of the molecule is NC(c1ccccc1)C(OCC(F)F)c1ccccc1. The molecule has 0 radical (unpaired) electrons. The zero-order valence-electron chi connectivity index (χ0n) is 11.0. The van der Waals surface area contributed by atoms with E-state index in [4.69, 9.17) is 10.5 Å². The minimum Gasteiger partial charge on any atom is -0.366 e. The van der Waals surface area contributed by atoms with Crippen LogP contribution >= 0.6 is 0 Å². The van der Waals surface area contributed by atoms with Crippen molar-refractivity contribution in [2.45, 2.75) is 18.6 Å². The zero-order valence-corrected chi connectivity index (χ0v) is 11.0. The molecule has 0 spiro atoms. The van der Waals surface area contributed by atoms with E-state index in [-0.39, 0.29) is 0 Å². The molecule has 0 saturated carbocycles. The van der Waals surface area contributed by atoms with E-state index >= 15 is 0 Å². The summed E-state index contributed by atoms with van der Waals surface area (Å²) in [6.45, 7) is -0.625. The molecule has 0 saturated heterocycles. The maximum atomic E-state index is 12.4. The number of nitrogens with two attached hydrogens (primary N) is 1. The van der Waals surface area contributed by atoms with Gasteiger partial charge in [0.2, 0.25) is 0 Å². The van der Waals surface area contributed by atoms with Crippen LogP contribution in [0.25, 0.3) is 0 Å². The molecule has 0 amide bonds. The number of hydrogen-bond donors (Lipinski definition) is 1. The maximum Gasteiger partial charge on any atom is 0.261 e. The molecule has 0 aliphatic rings. The predicted octanol–water partition coefficient (Wildman–Crippen LogP) is 3.71. The first-order valence-corrected chi connectivity index (χ1v) is 6.43. The van der Waals surface area contributed by atoms with Crippen molar-refractivity contribution < 1.29 is 13.5 Å². The van der Waals surface area contributed by atoms with Crippen molar-refractivity contribution in [2.75, 3.05) is 6.61 Å². The summed E-state index contributed by atoms with van der Waals surface area (Å²) in [5.41, 5.74) is 7.84. The van der Waals surface area contributed by atoms with Gasteiger partial charge >= 0.3 is 0 Å². The molecule has 2 N–H and O–H groups in total. The van der Waals surface area contributed by atoms with Gasteiger partial charge in [0.15, 0.2) is 0 Å². The van der Waals surface area contributed by atoms with Crippen molar-refractivity contribution in [3.8, 4) is 0 Å². The minimum absolute atomic E-state index is 0.489. The lowest BCUT2D eigenvalue weighted by molar-refractivity contribution is -0.0352. The Morgan fingerprint density at radius 1 is 0.850 bits per heavy atom. The summed E-state index contributed by atoms with van der Waals surface area (Å²) in [4.78, 5) is 0. The minimum atomic E-state index is -2.51. The van der Waals surface area contributed by atoms with E-state index in [1.54, 1.807) is 0 Å². The van der Waals surface area contributed by atoms with Crippen LogP contribution in [0.4, 0.5) is 8.78 Å². The van der Waals surface area contributed by atoms with Crippen molar-refractivity contribution in [1.29, 1.82) is 0 Å². The average Bonchev–Trinajstić information content (AvgIpc) is 2.49. The molecule has 0 heterocycles. The van der Waals surface area contributed by atoms with Crippen LogP contribution in [0.15, 0.2) is 60.7 Å². The second-order valence-electron chi connectivity index (χ2n) is 4.49. The van der Waals surface area contributed by atoms with E-state index in [0.29, 0.717) is 0 Å².